The number of hydrogen-bond acceptors (Lipinski definition) is 3. The van der Waals surface area contributed by atoms with Gasteiger partial charge in [-0.15, -0.1) is 0 Å². The second-order valence-electron chi connectivity index (χ2n) is 17.6. The zero-order chi connectivity index (χ0) is 45.7. The van der Waals surface area contributed by atoms with Gasteiger partial charge in [0.05, 0.1) is 11.4 Å². The molecule has 0 aliphatic heterocycles. The molecule has 3 nitrogen and oxygen atoms in total. The van der Waals surface area contributed by atoms with Gasteiger partial charge in [-0.2, -0.15) is 0 Å². The zero-order valence-corrected chi connectivity index (χ0v) is 37.7. The van der Waals surface area contributed by atoms with Crippen LogP contribution in [0.4, 0.5) is 34.1 Å². The zero-order valence-electron chi connectivity index (χ0n) is 37.7. The van der Waals surface area contributed by atoms with Crippen molar-refractivity contribution in [3.63, 3.8) is 0 Å². The van der Waals surface area contributed by atoms with Crippen molar-refractivity contribution in [2.75, 3.05) is 9.80 Å². The summed E-state index contributed by atoms with van der Waals surface area (Å²) in [5, 5.41) is 9.31. The van der Waals surface area contributed by atoms with Crippen molar-refractivity contribution in [1.82, 2.24) is 0 Å². The number of furan rings is 1. The van der Waals surface area contributed by atoms with Crippen LogP contribution in [0, 0.1) is 0 Å². The van der Waals surface area contributed by atoms with E-state index < -0.39 is 0 Å². The summed E-state index contributed by atoms with van der Waals surface area (Å²) in [6.45, 7) is 0. The smallest absolute Gasteiger partial charge is 0.138 e. The monoisotopic (exact) mass is 880 g/mol. The van der Waals surface area contributed by atoms with Crippen LogP contribution < -0.4 is 9.80 Å². The Labute approximate surface area is 401 Å². The second-order valence-corrected chi connectivity index (χ2v) is 17.6. The van der Waals surface area contributed by atoms with E-state index >= 15 is 0 Å². The molecule has 0 radical (unpaired) electrons. The van der Waals surface area contributed by atoms with Gasteiger partial charge < -0.3 is 14.2 Å². The van der Waals surface area contributed by atoms with Gasteiger partial charge in [0.15, 0.2) is 0 Å². The van der Waals surface area contributed by atoms with E-state index in [0.717, 1.165) is 77.8 Å². The first-order valence-corrected chi connectivity index (χ1v) is 23.6. The third-order valence-electron chi connectivity index (χ3n) is 13.6. The van der Waals surface area contributed by atoms with Crippen LogP contribution in [0.1, 0.15) is 0 Å². The van der Waals surface area contributed by atoms with Crippen molar-refractivity contribution in [2.24, 2.45) is 0 Å². The molecule has 3 heteroatoms. The Morgan fingerprint density at radius 2 is 0.681 bits per heavy atom. The predicted molar refractivity (Wildman–Crippen MR) is 292 cm³/mol. The molecule has 13 aromatic rings. The minimum Gasteiger partial charge on any atom is -0.456 e. The van der Waals surface area contributed by atoms with Crippen LogP contribution in [0.2, 0.25) is 0 Å². The number of benzene rings is 12. The van der Waals surface area contributed by atoms with Crippen molar-refractivity contribution in [3.8, 4) is 33.4 Å². The molecule has 0 saturated carbocycles. The molecule has 0 spiro atoms. The van der Waals surface area contributed by atoms with E-state index in [2.05, 4.69) is 277 Å². The molecule has 1 heterocycles. The van der Waals surface area contributed by atoms with E-state index in [0.29, 0.717) is 0 Å². The maximum absolute atomic E-state index is 6.85. The normalized spacial score (nSPS) is 11.5. The maximum atomic E-state index is 6.85. The standard InChI is InChI=1S/C66H44N2O/c1-4-16-45(17-5-1)47-28-35-52(36-29-47)67(51-21-8-3-9-22-51)53-39-32-50(33-40-53)55-41-42-61(58-25-13-12-24-57(55)58)68(54-37-30-48(31-38-54)46-18-6-2-7-19-46)62-44-64-66(60-27-15-14-26-59(60)62)65-56-23-11-10-20-49(56)34-43-63(65)69-64/h1-44H. The molecule has 0 aliphatic rings. The first-order valence-electron chi connectivity index (χ1n) is 23.6. The third-order valence-corrected chi connectivity index (χ3v) is 13.6. The molecule has 0 aliphatic carbocycles. The van der Waals surface area contributed by atoms with Crippen LogP contribution >= 0.6 is 0 Å². The fourth-order valence-electron chi connectivity index (χ4n) is 10.4. The molecule has 13 rings (SSSR count). The minimum absolute atomic E-state index is 0.860. The lowest BCUT2D eigenvalue weighted by Crippen LogP contribution is -2.11. The molecule has 0 fully saturated rings. The van der Waals surface area contributed by atoms with Crippen LogP contribution in [-0.4, -0.2) is 0 Å². The summed E-state index contributed by atoms with van der Waals surface area (Å²) in [6, 6.07) is 96.0. The lowest BCUT2D eigenvalue weighted by atomic mass is 9.95. The number of rotatable bonds is 9. The lowest BCUT2D eigenvalue weighted by Gasteiger charge is -2.29. The topological polar surface area (TPSA) is 19.6 Å². The van der Waals surface area contributed by atoms with Crippen molar-refractivity contribution in [1.29, 1.82) is 0 Å². The summed E-state index contributed by atoms with van der Waals surface area (Å²) in [5.74, 6) is 0. The quantitative estimate of drug-likeness (QED) is 0.144. The highest BCUT2D eigenvalue weighted by molar-refractivity contribution is 6.28. The number of fused-ring (bicyclic) bond motifs is 8. The van der Waals surface area contributed by atoms with Gasteiger partial charge in [0.25, 0.3) is 0 Å². The Morgan fingerprint density at radius 3 is 1.29 bits per heavy atom. The Balaban J connectivity index is 0.957. The largest absolute Gasteiger partial charge is 0.456 e. The highest BCUT2D eigenvalue weighted by atomic mass is 16.3. The molecule has 0 bridgehead atoms. The van der Waals surface area contributed by atoms with Crippen LogP contribution in [0.5, 0.6) is 0 Å². The van der Waals surface area contributed by atoms with Crippen molar-refractivity contribution in [2.45, 2.75) is 0 Å². The van der Waals surface area contributed by atoms with Gasteiger partial charge in [-0.1, -0.05) is 200 Å². The minimum atomic E-state index is 0.860. The van der Waals surface area contributed by atoms with Crippen LogP contribution in [0.3, 0.4) is 0 Å². The predicted octanol–water partition coefficient (Wildman–Crippen LogP) is 19.0. The number of hydrogen-bond donors (Lipinski definition) is 0. The molecular weight excluding hydrogens is 837 g/mol. The maximum Gasteiger partial charge on any atom is 0.138 e. The van der Waals surface area contributed by atoms with E-state index in [9.17, 15) is 0 Å². The van der Waals surface area contributed by atoms with Crippen molar-refractivity contribution >= 4 is 88.4 Å². The molecular formula is C66H44N2O. The summed E-state index contributed by atoms with van der Waals surface area (Å²) in [7, 11) is 0. The Kier molecular flexibility index (Phi) is 9.84. The van der Waals surface area contributed by atoms with Crippen LogP contribution in [0.15, 0.2) is 271 Å². The van der Waals surface area contributed by atoms with Crippen molar-refractivity contribution < 1.29 is 4.42 Å². The molecule has 0 N–H and O–H groups in total. The fraction of sp³-hybridized carbons (Fsp3) is 0. The van der Waals surface area contributed by atoms with Crippen molar-refractivity contribution in [3.05, 3.63) is 267 Å². The summed E-state index contributed by atoms with van der Waals surface area (Å²) < 4.78 is 6.85. The van der Waals surface area contributed by atoms with Crippen LogP contribution in [0.25, 0.3) is 87.6 Å². The summed E-state index contributed by atoms with van der Waals surface area (Å²) >= 11 is 0. The average molecular weight is 881 g/mol. The molecule has 0 saturated heterocycles. The highest BCUT2D eigenvalue weighted by Crippen LogP contribution is 2.49. The van der Waals surface area contributed by atoms with Gasteiger partial charge in [0, 0.05) is 50.4 Å². The molecule has 0 atom stereocenters. The Hall–Kier alpha value is -9.18. The number of para-hydroxylation sites is 1. The highest BCUT2D eigenvalue weighted by Gasteiger charge is 2.24. The first kappa shape index (κ1) is 40.1. The van der Waals surface area contributed by atoms with E-state index in [1.807, 2.05) is 0 Å². The Morgan fingerprint density at radius 1 is 0.246 bits per heavy atom. The number of anilines is 6. The van der Waals surface area contributed by atoms with E-state index in [-0.39, 0.29) is 0 Å². The van der Waals surface area contributed by atoms with Gasteiger partial charge in [-0.3, -0.25) is 0 Å². The molecule has 1 aromatic heterocycles. The fourth-order valence-corrected chi connectivity index (χ4v) is 10.4. The SMILES string of the molecule is c1ccc(-c2ccc(N(c3ccccc3)c3ccc(-c4ccc(N(c5ccc(-c6ccccc6)cc5)c5cc6oc7ccc8ccccc8c7c6c6ccccc56)c5ccccc45)cc3)cc2)cc1. The van der Waals surface area contributed by atoms with Crippen LogP contribution in [-0.2, 0) is 0 Å². The first-order chi connectivity index (χ1) is 34.2. The summed E-state index contributed by atoms with van der Waals surface area (Å²) in [6.07, 6.45) is 0. The molecule has 0 amide bonds. The van der Waals surface area contributed by atoms with Gasteiger partial charge >= 0.3 is 0 Å². The molecule has 69 heavy (non-hydrogen) atoms. The average Bonchev–Trinajstić information content (AvgIpc) is 3.82. The van der Waals surface area contributed by atoms with E-state index in [1.54, 1.807) is 0 Å². The summed E-state index contributed by atoms with van der Waals surface area (Å²) in [5.41, 5.74) is 15.3. The molecule has 0 unspecified atom stereocenters. The van der Waals surface area contributed by atoms with E-state index in [4.69, 9.17) is 4.42 Å². The summed E-state index contributed by atoms with van der Waals surface area (Å²) in [4.78, 5) is 4.75. The van der Waals surface area contributed by atoms with E-state index in [1.165, 1.54) is 44.0 Å². The second kappa shape index (κ2) is 16.9. The Bertz CT molecular complexity index is 3980. The van der Waals surface area contributed by atoms with Gasteiger partial charge in [-0.05, 0) is 116 Å². The van der Waals surface area contributed by atoms with Gasteiger partial charge in [0.2, 0.25) is 0 Å². The van der Waals surface area contributed by atoms with Gasteiger partial charge in [-0.25, -0.2) is 0 Å². The third kappa shape index (κ3) is 7.08. The molecule has 324 valence electrons. The number of nitrogens with zero attached hydrogens (tertiary/aromatic N) is 2. The lowest BCUT2D eigenvalue weighted by molar-refractivity contribution is 0.669. The van der Waals surface area contributed by atoms with Gasteiger partial charge in [0.1, 0.15) is 11.2 Å². The molecule has 12 aromatic carbocycles.